The maximum atomic E-state index is 10.8. The van der Waals surface area contributed by atoms with E-state index in [0.29, 0.717) is 24.4 Å². The second-order valence-electron chi connectivity index (χ2n) is 3.42. The molecule has 1 aliphatic rings. The third-order valence-electron chi connectivity index (χ3n) is 2.02. The first-order chi connectivity index (χ1) is 7.61. The minimum atomic E-state index is -0.399. The Morgan fingerprint density at radius 3 is 2.88 bits per heavy atom. The highest BCUT2D eigenvalue weighted by molar-refractivity contribution is 5.70. The molecule has 0 spiro atoms. The van der Waals surface area contributed by atoms with Crippen molar-refractivity contribution >= 4 is 5.97 Å². The third kappa shape index (κ3) is 4.18. The fourth-order valence-electron chi connectivity index (χ4n) is 1.25. The molecule has 5 nitrogen and oxygen atoms in total. The summed E-state index contributed by atoms with van der Waals surface area (Å²) in [5, 5.41) is 0. The van der Waals surface area contributed by atoms with Crippen molar-refractivity contribution in [2.45, 2.75) is 6.42 Å². The van der Waals surface area contributed by atoms with Gasteiger partial charge in [0.25, 0.3) is 0 Å². The van der Waals surface area contributed by atoms with Crippen LogP contribution in [0.25, 0.3) is 0 Å². The Kier molecular flexibility index (Phi) is 4.60. The molecule has 0 atom stereocenters. The van der Waals surface area contributed by atoms with Gasteiger partial charge in [-0.25, -0.2) is 4.79 Å². The maximum Gasteiger partial charge on any atom is 0.331 e. The molecule has 4 N–H and O–H groups in total. The van der Waals surface area contributed by atoms with Crippen LogP contribution in [-0.2, 0) is 14.3 Å². The third-order valence-corrected chi connectivity index (χ3v) is 2.02. The normalized spacial score (nSPS) is 15.7. The summed E-state index contributed by atoms with van der Waals surface area (Å²) in [6.45, 7) is 0.251. The predicted molar refractivity (Wildman–Crippen MR) is 60.1 cm³/mol. The highest BCUT2D eigenvalue weighted by atomic mass is 16.6. The van der Waals surface area contributed by atoms with E-state index in [9.17, 15) is 4.79 Å². The van der Waals surface area contributed by atoms with Crippen LogP contribution in [-0.4, -0.2) is 26.3 Å². The number of ether oxygens (including phenoxy) is 2. The fourth-order valence-corrected chi connectivity index (χ4v) is 1.25. The van der Waals surface area contributed by atoms with Crippen molar-refractivity contribution in [2.24, 2.45) is 11.5 Å². The topological polar surface area (TPSA) is 87.6 Å². The molecule has 1 rings (SSSR count). The maximum absolute atomic E-state index is 10.8. The highest BCUT2D eigenvalue weighted by Crippen LogP contribution is 2.11. The van der Waals surface area contributed by atoms with Gasteiger partial charge in [0.2, 0.25) is 0 Å². The van der Waals surface area contributed by atoms with Gasteiger partial charge in [-0.2, -0.15) is 0 Å². The van der Waals surface area contributed by atoms with Gasteiger partial charge >= 0.3 is 5.97 Å². The Balaban J connectivity index is 2.44. The molecule has 0 saturated heterocycles. The average molecular weight is 224 g/mol. The van der Waals surface area contributed by atoms with Crippen molar-refractivity contribution in [2.75, 3.05) is 20.3 Å². The van der Waals surface area contributed by atoms with Gasteiger partial charge in [-0.05, 0) is 17.7 Å². The van der Waals surface area contributed by atoms with E-state index in [-0.39, 0.29) is 6.61 Å². The number of hydrogen-bond acceptors (Lipinski definition) is 5. The van der Waals surface area contributed by atoms with Gasteiger partial charge in [0, 0.05) is 17.8 Å². The minimum absolute atomic E-state index is 0.0650. The SMILES string of the molecule is COC(=O)COCC1=CCC(N)=CC(N)=C1. The van der Waals surface area contributed by atoms with Crippen molar-refractivity contribution < 1.29 is 14.3 Å². The van der Waals surface area contributed by atoms with Crippen LogP contribution in [0.2, 0.25) is 0 Å². The molecule has 5 heteroatoms. The largest absolute Gasteiger partial charge is 0.467 e. The molecule has 0 aliphatic heterocycles. The molecule has 0 aromatic heterocycles. The van der Waals surface area contributed by atoms with E-state index in [0.717, 1.165) is 5.57 Å². The van der Waals surface area contributed by atoms with Gasteiger partial charge in [-0.1, -0.05) is 6.08 Å². The van der Waals surface area contributed by atoms with Crippen molar-refractivity contribution in [3.05, 3.63) is 35.2 Å². The quantitative estimate of drug-likeness (QED) is 0.666. The zero-order chi connectivity index (χ0) is 12.0. The lowest BCUT2D eigenvalue weighted by Gasteiger charge is -2.03. The Bertz CT molecular complexity index is 356. The van der Waals surface area contributed by atoms with E-state index >= 15 is 0 Å². The van der Waals surface area contributed by atoms with Gasteiger partial charge in [0.15, 0.2) is 0 Å². The van der Waals surface area contributed by atoms with Crippen molar-refractivity contribution in [3.63, 3.8) is 0 Å². The second-order valence-corrected chi connectivity index (χ2v) is 3.42. The monoisotopic (exact) mass is 224 g/mol. The highest BCUT2D eigenvalue weighted by Gasteiger charge is 2.04. The van der Waals surface area contributed by atoms with Crippen molar-refractivity contribution in [3.8, 4) is 0 Å². The second kappa shape index (κ2) is 5.97. The smallest absolute Gasteiger partial charge is 0.331 e. The van der Waals surface area contributed by atoms with Crippen LogP contribution < -0.4 is 11.5 Å². The lowest BCUT2D eigenvalue weighted by molar-refractivity contribution is -0.145. The number of rotatable bonds is 4. The molecule has 0 saturated carbocycles. The summed E-state index contributed by atoms with van der Waals surface area (Å²) in [7, 11) is 1.32. The van der Waals surface area contributed by atoms with Crippen LogP contribution in [0.1, 0.15) is 6.42 Å². The molecule has 1 aliphatic carbocycles. The Morgan fingerprint density at radius 2 is 2.19 bits per heavy atom. The minimum Gasteiger partial charge on any atom is -0.467 e. The molecular formula is C11H16N2O3. The average Bonchev–Trinajstić information content (AvgIpc) is 2.39. The molecule has 88 valence electrons. The number of hydrogen-bond donors (Lipinski definition) is 2. The zero-order valence-electron chi connectivity index (χ0n) is 9.23. The van der Waals surface area contributed by atoms with Gasteiger partial charge < -0.3 is 20.9 Å². The van der Waals surface area contributed by atoms with E-state index in [2.05, 4.69) is 4.74 Å². The molecule has 16 heavy (non-hydrogen) atoms. The van der Waals surface area contributed by atoms with Gasteiger partial charge in [-0.15, -0.1) is 0 Å². The number of esters is 1. The summed E-state index contributed by atoms with van der Waals surface area (Å²) >= 11 is 0. The molecule has 0 aromatic carbocycles. The molecular weight excluding hydrogens is 208 g/mol. The van der Waals surface area contributed by atoms with E-state index in [4.69, 9.17) is 16.2 Å². The Hall–Kier alpha value is -1.75. The molecule has 0 unspecified atom stereocenters. The predicted octanol–water partition coefficient (Wildman–Crippen LogP) is 0.191. The first-order valence-electron chi connectivity index (χ1n) is 4.88. The van der Waals surface area contributed by atoms with Crippen molar-refractivity contribution in [1.82, 2.24) is 0 Å². The van der Waals surface area contributed by atoms with Crippen LogP contribution >= 0.6 is 0 Å². The summed E-state index contributed by atoms with van der Waals surface area (Å²) < 4.78 is 9.61. The first-order valence-corrected chi connectivity index (χ1v) is 4.88. The number of nitrogens with two attached hydrogens (primary N) is 2. The van der Waals surface area contributed by atoms with Crippen LogP contribution in [0.5, 0.6) is 0 Å². The van der Waals surface area contributed by atoms with E-state index < -0.39 is 5.97 Å². The summed E-state index contributed by atoms with van der Waals surface area (Å²) in [6.07, 6.45) is 6.04. The van der Waals surface area contributed by atoms with E-state index in [1.54, 1.807) is 12.2 Å². The Labute approximate surface area is 94.4 Å². The van der Waals surface area contributed by atoms with Gasteiger partial charge in [0.1, 0.15) is 6.61 Å². The molecule has 0 amide bonds. The zero-order valence-corrected chi connectivity index (χ0v) is 9.23. The van der Waals surface area contributed by atoms with E-state index in [1.807, 2.05) is 6.08 Å². The summed E-state index contributed by atoms with van der Waals surface area (Å²) in [6, 6.07) is 0. The van der Waals surface area contributed by atoms with Crippen LogP contribution in [0.3, 0.4) is 0 Å². The fraction of sp³-hybridized carbons (Fsp3) is 0.364. The van der Waals surface area contributed by atoms with Gasteiger partial charge in [0.05, 0.1) is 13.7 Å². The molecule has 0 bridgehead atoms. The summed E-state index contributed by atoms with van der Waals surface area (Å²) in [5.74, 6) is -0.399. The summed E-state index contributed by atoms with van der Waals surface area (Å²) in [5.41, 5.74) is 13.5. The molecule has 0 aromatic rings. The lowest BCUT2D eigenvalue weighted by atomic mass is 10.2. The lowest BCUT2D eigenvalue weighted by Crippen LogP contribution is -2.11. The molecule has 0 fully saturated rings. The van der Waals surface area contributed by atoms with Crippen LogP contribution in [0, 0.1) is 0 Å². The van der Waals surface area contributed by atoms with Crippen LogP contribution in [0.4, 0.5) is 0 Å². The molecule has 0 heterocycles. The van der Waals surface area contributed by atoms with Gasteiger partial charge in [-0.3, -0.25) is 0 Å². The number of carbonyl (C=O) groups is 1. The van der Waals surface area contributed by atoms with Crippen molar-refractivity contribution in [1.29, 1.82) is 0 Å². The summed E-state index contributed by atoms with van der Waals surface area (Å²) in [4.78, 5) is 10.8. The Morgan fingerprint density at radius 1 is 1.44 bits per heavy atom. The number of carbonyl (C=O) groups excluding carboxylic acids is 1. The number of methoxy groups -OCH3 is 1. The van der Waals surface area contributed by atoms with Crippen LogP contribution in [0.15, 0.2) is 35.2 Å². The van der Waals surface area contributed by atoms with E-state index in [1.165, 1.54) is 7.11 Å². The number of allylic oxidation sites excluding steroid dienone is 2. The molecule has 0 radical (unpaired) electrons. The standard InChI is InChI=1S/C11H16N2O3/c1-15-11(14)7-16-6-8-2-3-9(12)5-10(13)4-8/h2,4-5H,3,6-7,12-13H2,1H3. The first kappa shape index (κ1) is 12.3.